The third kappa shape index (κ3) is 2.13. The number of aromatic nitrogens is 4. The molecule has 5 heteroatoms. The zero-order valence-electron chi connectivity index (χ0n) is 12.9. The molecule has 0 radical (unpaired) electrons. The number of benzene rings is 1. The smallest absolute Gasteiger partial charge is 0.254 e. The summed E-state index contributed by atoms with van der Waals surface area (Å²) >= 11 is 0. The zero-order valence-corrected chi connectivity index (χ0v) is 12.9. The van der Waals surface area contributed by atoms with Crippen LogP contribution in [0.3, 0.4) is 0 Å². The first-order valence-corrected chi connectivity index (χ1v) is 7.70. The summed E-state index contributed by atoms with van der Waals surface area (Å²) in [5.41, 5.74) is 3.83. The second kappa shape index (κ2) is 5.09. The van der Waals surface area contributed by atoms with Crippen molar-refractivity contribution < 1.29 is 0 Å². The number of hydrogen-bond donors (Lipinski definition) is 0. The Kier molecular flexibility index (Phi) is 3.06. The van der Waals surface area contributed by atoms with Gasteiger partial charge in [-0.1, -0.05) is 24.3 Å². The Morgan fingerprint density at radius 2 is 2.05 bits per heavy atom. The Balaban J connectivity index is 1.67. The van der Waals surface area contributed by atoms with Gasteiger partial charge in [-0.15, -0.1) is 0 Å². The van der Waals surface area contributed by atoms with Gasteiger partial charge in [-0.2, -0.15) is 14.6 Å². The van der Waals surface area contributed by atoms with Gasteiger partial charge in [0.15, 0.2) is 0 Å². The van der Waals surface area contributed by atoms with Crippen LogP contribution in [0.2, 0.25) is 0 Å². The third-order valence-electron chi connectivity index (χ3n) is 4.50. The van der Waals surface area contributed by atoms with Crippen LogP contribution in [0.15, 0.2) is 36.7 Å². The summed E-state index contributed by atoms with van der Waals surface area (Å²) in [6.07, 6.45) is 2.74. The van der Waals surface area contributed by atoms with E-state index >= 15 is 0 Å². The minimum absolute atomic E-state index is 0.577. The summed E-state index contributed by atoms with van der Waals surface area (Å²) in [7, 11) is 0. The Morgan fingerprint density at radius 1 is 1.18 bits per heavy atom. The van der Waals surface area contributed by atoms with Crippen molar-refractivity contribution in [1.82, 2.24) is 19.6 Å². The van der Waals surface area contributed by atoms with Crippen LogP contribution >= 0.6 is 0 Å². The molecule has 22 heavy (non-hydrogen) atoms. The molecule has 1 saturated heterocycles. The lowest BCUT2D eigenvalue weighted by Gasteiger charge is -2.20. The number of fused-ring (bicyclic) bond motifs is 1. The van der Waals surface area contributed by atoms with E-state index < -0.39 is 0 Å². The summed E-state index contributed by atoms with van der Waals surface area (Å²) in [6, 6.07) is 10.8. The topological polar surface area (TPSA) is 46.3 Å². The standard InChI is InChI=1S/C17H19N5/c1-12-5-3-4-6-15(12)14-7-8-21(10-14)16-9-13(2)20-17-18-11-19-22(16)17/h3-6,9,11,14H,7-8,10H2,1-2H3/t14-/m1/s1. The predicted molar refractivity (Wildman–Crippen MR) is 86.3 cm³/mol. The number of hydrogen-bond acceptors (Lipinski definition) is 4. The fourth-order valence-electron chi connectivity index (χ4n) is 3.40. The van der Waals surface area contributed by atoms with Crippen molar-refractivity contribution in [2.45, 2.75) is 26.2 Å². The van der Waals surface area contributed by atoms with Gasteiger partial charge in [0.25, 0.3) is 5.78 Å². The predicted octanol–water partition coefficient (Wildman–Crippen LogP) is 2.74. The van der Waals surface area contributed by atoms with Crippen molar-refractivity contribution in [2.75, 3.05) is 18.0 Å². The van der Waals surface area contributed by atoms with Crippen LogP contribution < -0.4 is 4.90 Å². The maximum Gasteiger partial charge on any atom is 0.254 e. The van der Waals surface area contributed by atoms with Crippen molar-refractivity contribution in [2.24, 2.45) is 0 Å². The molecule has 0 bridgehead atoms. The molecule has 1 aromatic carbocycles. The molecule has 2 aromatic heterocycles. The molecular formula is C17H19N5. The molecule has 0 aliphatic carbocycles. The summed E-state index contributed by atoms with van der Waals surface area (Å²) in [6.45, 7) is 6.26. The van der Waals surface area contributed by atoms with E-state index in [2.05, 4.69) is 57.2 Å². The van der Waals surface area contributed by atoms with Crippen LogP contribution in [0.25, 0.3) is 5.78 Å². The zero-order chi connectivity index (χ0) is 15.1. The van der Waals surface area contributed by atoms with Gasteiger partial charge < -0.3 is 4.90 Å². The number of nitrogens with zero attached hydrogens (tertiary/aromatic N) is 5. The Labute approximate surface area is 129 Å². The summed E-state index contributed by atoms with van der Waals surface area (Å²) in [5, 5.41) is 4.32. The number of rotatable bonds is 2. The molecule has 1 fully saturated rings. The first-order chi connectivity index (χ1) is 10.7. The molecule has 0 unspecified atom stereocenters. The number of anilines is 1. The first-order valence-electron chi connectivity index (χ1n) is 7.70. The van der Waals surface area contributed by atoms with Crippen LogP contribution in [-0.2, 0) is 0 Å². The van der Waals surface area contributed by atoms with Gasteiger partial charge in [-0.05, 0) is 31.4 Å². The summed E-state index contributed by atoms with van der Waals surface area (Å²) < 4.78 is 1.84. The summed E-state index contributed by atoms with van der Waals surface area (Å²) in [5.74, 6) is 2.35. The average Bonchev–Trinajstić information content (AvgIpc) is 3.15. The largest absolute Gasteiger partial charge is 0.356 e. The molecule has 3 heterocycles. The van der Waals surface area contributed by atoms with Crippen molar-refractivity contribution in [3.8, 4) is 0 Å². The van der Waals surface area contributed by atoms with E-state index in [0.29, 0.717) is 11.7 Å². The van der Waals surface area contributed by atoms with Gasteiger partial charge in [0, 0.05) is 30.8 Å². The van der Waals surface area contributed by atoms with Gasteiger partial charge in [0.1, 0.15) is 12.1 Å². The normalized spacial score (nSPS) is 18.3. The lowest BCUT2D eigenvalue weighted by Crippen LogP contribution is -2.22. The Morgan fingerprint density at radius 3 is 2.91 bits per heavy atom. The van der Waals surface area contributed by atoms with Crippen molar-refractivity contribution >= 4 is 11.6 Å². The fourth-order valence-corrected chi connectivity index (χ4v) is 3.40. The highest BCUT2D eigenvalue weighted by atomic mass is 15.4. The van der Waals surface area contributed by atoms with Crippen LogP contribution in [0.5, 0.6) is 0 Å². The van der Waals surface area contributed by atoms with Gasteiger partial charge in [0.2, 0.25) is 0 Å². The molecule has 0 saturated carbocycles. The molecule has 0 N–H and O–H groups in total. The lowest BCUT2D eigenvalue weighted by atomic mass is 9.94. The third-order valence-corrected chi connectivity index (χ3v) is 4.50. The fraction of sp³-hybridized carbons (Fsp3) is 0.353. The molecule has 1 atom stereocenters. The molecule has 0 amide bonds. The van der Waals surface area contributed by atoms with Gasteiger partial charge in [-0.3, -0.25) is 0 Å². The van der Waals surface area contributed by atoms with E-state index in [1.54, 1.807) is 6.33 Å². The highest BCUT2D eigenvalue weighted by Gasteiger charge is 2.26. The van der Waals surface area contributed by atoms with Gasteiger partial charge in [-0.25, -0.2) is 4.98 Å². The maximum absolute atomic E-state index is 4.42. The first kappa shape index (κ1) is 13.2. The molecule has 0 spiro atoms. The van der Waals surface area contributed by atoms with Crippen LogP contribution in [0.4, 0.5) is 5.82 Å². The monoisotopic (exact) mass is 293 g/mol. The van der Waals surface area contributed by atoms with Crippen molar-refractivity contribution in [3.05, 3.63) is 53.5 Å². The molecule has 1 aliphatic heterocycles. The molecule has 5 nitrogen and oxygen atoms in total. The lowest BCUT2D eigenvalue weighted by molar-refractivity contribution is 0.764. The second-order valence-electron chi connectivity index (χ2n) is 6.02. The second-order valence-corrected chi connectivity index (χ2v) is 6.02. The van der Waals surface area contributed by atoms with Crippen LogP contribution in [0, 0.1) is 13.8 Å². The highest BCUT2D eigenvalue weighted by Crippen LogP contribution is 2.32. The highest BCUT2D eigenvalue weighted by molar-refractivity contribution is 5.49. The molecule has 4 rings (SSSR count). The van der Waals surface area contributed by atoms with Gasteiger partial charge >= 0.3 is 0 Å². The number of aryl methyl sites for hydroxylation is 2. The quantitative estimate of drug-likeness (QED) is 0.729. The van der Waals surface area contributed by atoms with E-state index in [0.717, 1.165) is 24.6 Å². The minimum Gasteiger partial charge on any atom is -0.356 e. The molecule has 3 aromatic rings. The SMILES string of the molecule is Cc1cc(N2CC[C@@H](c3ccccc3C)C2)n2ncnc2n1. The van der Waals surface area contributed by atoms with E-state index in [4.69, 9.17) is 0 Å². The van der Waals surface area contributed by atoms with E-state index in [1.807, 2.05) is 11.4 Å². The van der Waals surface area contributed by atoms with Crippen LogP contribution in [-0.4, -0.2) is 32.7 Å². The van der Waals surface area contributed by atoms with Crippen molar-refractivity contribution in [3.63, 3.8) is 0 Å². The van der Waals surface area contributed by atoms with E-state index in [1.165, 1.54) is 17.5 Å². The Bertz CT molecular complexity index is 823. The van der Waals surface area contributed by atoms with E-state index in [9.17, 15) is 0 Å². The van der Waals surface area contributed by atoms with E-state index in [-0.39, 0.29) is 0 Å². The molecule has 112 valence electrons. The van der Waals surface area contributed by atoms with Gasteiger partial charge in [0.05, 0.1) is 0 Å². The maximum atomic E-state index is 4.42. The minimum atomic E-state index is 0.577. The Hall–Kier alpha value is -2.43. The molecule has 1 aliphatic rings. The summed E-state index contributed by atoms with van der Waals surface area (Å²) in [4.78, 5) is 11.0. The van der Waals surface area contributed by atoms with Crippen LogP contribution in [0.1, 0.15) is 29.2 Å². The molecular weight excluding hydrogens is 274 g/mol. The van der Waals surface area contributed by atoms with Crippen molar-refractivity contribution in [1.29, 1.82) is 0 Å². The average molecular weight is 293 g/mol.